The van der Waals surface area contributed by atoms with Crippen LogP contribution in [0.1, 0.15) is 90.1 Å². The van der Waals surface area contributed by atoms with Crippen molar-refractivity contribution in [3.05, 3.63) is 171 Å². The third-order valence-electron chi connectivity index (χ3n) is 10.1. The van der Waals surface area contributed by atoms with Crippen molar-refractivity contribution in [2.24, 2.45) is 0 Å². The summed E-state index contributed by atoms with van der Waals surface area (Å²) in [5.74, 6) is -2.33. The number of ketones is 1. The molecule has 0 spiro atoms. The van der Waals surface area contributed by atoms with Gasteiger partial charge in [0.15, 0.2) is 5.78 Å². The lowest BCUT2D eigenvalue weighted by Gasteiger charge is -2.19. The summed E-state index contributed by atoms with van der Waals surface area (Å²) in [6.07, 6.45) is 3.39. The van der Waals surface area contributed by atoms with Gasteiger partial charge < -0.3 is 5.32 Å². The Bertz CT molecular complexity index is 2520. The van der Waals surface area contributed by atoms with E-state index in [4.69, 9.17) is 0 Å². The zero-order chi connectivity index (χ0) is 39.4. The average molecular weight is 740 g/mol. The smallest absolute Gasteiger partial charge is 0.266 e. The number of carbonyl (C=O) groups excluding carboxylic acids is 6. The molecule has 11 nitrogen and oxygen atoms in total. The minimum atomic E-state index is -0.540. The van der Waals surface area contributed by atoms with Gasteiger partial charge in [0.05, 0.1) is 40.0 Å². The van der Waals surface area contributed by atoms with Crippen LogP contribution in [0.25, 0.3) is 11.1 Å². The maximum Gasteiger partial charge on any atom is 0.266 e. The van der Waals surface area contributed by atoms with Crippen LogP contribution >= 0.6 is 0 Å². The predicted molar refractivity (Wildman–Crippen MR) is 210 cm³/mol. The molecule has 0 bridgehead atoms. The number of Topliss-reactive ketones (excluding diaryl/α,β-unsaturated/α-hetero) is 1. The Morgan fingerprint density at radius 2 is 1.00 bits per heavy atom. The monoisotopic (exact) mass is 739 g/mol. The first-order valence-electron chi connectivity index (χ1n) is 17.8. The van der Waals surface area contributed by atoms with Gasteiger partial charge in [0.1, 0.15) is 5.82 Å². The third-order valence-corrected chi connectivity index (χ3v) is 10.1. The molecule has 11 heteroatoms. The van der Waals surface area contributed by atoms with E-state index in [1.54, 1.807) is 54.9 Å². The van der Waals surface area contributed by atoms with Crippen LogP contribution in [-0.4, -0.2) is 45.3 Å². The van der Waals surface area contributed by atoms with Gasteiger partial charge in [0, 0.05) is 29.2 Å². The van der Waals surface area contributed by atoms with Crippen LogP contribution in [0, 0.1) is 27.7 Å². The molecule has 2 aliphatic rings. The van der Waals surface area contributed by atoms with Gasteiger partial charge in [-0.3, -0.25) is 33.8 Å². The van der Waals surface area contributed by atoms with E-state index >= 15 is 0 Å². The Hall–Kier alpha value is -7.40. The lowest BCUT2D eigenvalue weighted by Crippen LogP contribution is -2.29. The number of aryl methyl sites for hydroxylation is 4. The van der Waals surface area contributed by atoms with E-state index in [-0.39, 0.29) is 40.0 Å². The number of benzene rings is 4. The molecule has 0 unspecified atom stereocenters. The molecule has 4 heterocycles. The minimum absolute atomic E-state index is 0.0683. The Kier molecular flexibility index (Phi) is 8.77. The topological polar surface area (TPSA) is 147 Å². The van der Waals surface area contributed by atoms with Crippen LogP contribution in [0.15, 0.2) is 109 Å². The second-order valence-electron chi connectivity index (χ2n) is 14.0. The number of amides is 5. The molecule has 0 fully saturated rings. The van der Waals surface area contributed by atoms with Crippen LogP contribution in [-0.2, 0) is 6.42 Å². The van der Waals surface area contributed by atoms with Crippen molar-refractivity contribution >= 4 is 52.5 Å². The zero-order valence-corrected chi connectivity index (χ0v) is 30.8. The van der Waals surface area contributed by atoms with Gasteiger partial charge in [0.2, 0.25) is 0 Å². The van der Waals surface area contributed by atoms with Gasteiger partial charge >= 0.3 is 0 Å². The summed E-state index contributed by atoms with van der Waals surface area (Å²) >= 11 is 0. The van der Waals surface area contributed by atoms with Gasteiger partial charge in [-0.2, -0.15) is 0 Å². The van der Waals surface area contributed by atoms with Crippen molar-refractivity contribution in [1.82, 2.24) is 9.97 Å². The largest absolute Gasteiger partial charge is 0.307 e. The highest BCUT2D eigenvalue weighted by molar-refractivity contribution is 6.35. The molecule has 0 aliphatic carbocycles. The summed E-state index contributed by atoms with van der Waals surface area (Å²) < 4.78 is 0. The molecule has 4 aromatic carbocycles. The van der Waals surface area contributed by atoms with Crippen molar-refractivity contribution < 1.29 is 28.8 Å². The Labute approximate surface area is 321 Å². The number of anilines is 3. The van der Waals surface area contributed by atoms with Gasteiger partial charge in [-0.05, 0) is 128 Å². The molecule has 56 heavy (non-hydrogen) atoms. The van der Waals surface area contributed by atoms with Gasteiger partial charge in [0.25, 0.3) is 29.5 Å². The normalized spacial score (nSPS) is 13.3. The van der Waals surface area contributed by atoms with Crippen molar-refractivity contribution in [1.29, 1.82) is 0 Å². The molecule has 0 saturated carbocycles. The van der Waals surface area contributed by atoms with Crippen molar-refractivity contribution in [3.63, 3.8) is 0 Å². The average Bonchev–Trinajstić information content (AvgIpc) is 3.59. The van der Waals surface area contributed by atoms with E-state index in [9.17, 15) is 28.8 Å². The second-order valence-corrected chi connectivity index (χ2v) is 14.0. The fourth-order valence-electron chi connectivity index (χ4n) is 7.04. The maximum atomic E-state index is 13.6. The quantitative estimate of drug-likeness (QED) is 0.124. The van der Waals surface area contributed by atoms with Crippen molar-refractivity contribution in [2.75, 3.05) is 15.1 Å². The lowest BCUT2D eigenvalue weighted by molar-refractivity contribution is 0.0910. The van der Waals surface area contributed by atoms with Crippen LogP contribution in [0.2, 0.25) is 0 Å². The summed E-state index contributed by atoms with van der Waals surface area (Å²) in [5, 5.41) is 2.71. The van der Waals surface area contributed by atoms with Gasteiger partial charge in [-0.15, -0.1) is 0 Å². The first-order chi connectivity index (χ1) is 26.9. The lowest BCUT2D eigenvalue weighted by atomic mass is 9.95. The molecule has 8 rings (SSSR count). The molecule has 2 aliphatic heterocycles. The molecule has 6 aromatic rings. The highest BCUT2D eigenvalue weighted by Gasteiger charge is 2.39. The number of rotatable bonds is 8. The summed E-state index contributed by atoms with van der Waals surface area (Å²) in [5.41, 5.74) is 7.77. The zero-order valence-electron chi connectivity index (χ0n) is 30.8. The number of carbonyl (C=O) groups is 6. The van der Waals surface area contributed by atoms with Crippen molar-refractivity contribution in [2.45, 2.75) is 34.1 Å². The van der Waals surface area contributed by atoms with Crippen LogP contribution in [0.4, 0.5) is 17.2 Å². The first kappa shape index (κ1) is 35.6. The fourth-order valence-corrected chi connectivity index (χ4v) is 7.04. The number of nitrogens with one attached hydrogen (secondary N) is 1. The summed E-state index contributed by atoms with van der Waals surface area (Å²) in [4.78, 5) is 90.9. The number of fused-ring (bicyclic) bond motifs is 2. The highest BCUT2D eigenvalue weighted by Crippen LogP contribution is 2.37. The molecule has 1 N–H and O–H groups in total. The third kappa shape index (κ3) is 6.24. The molecule has 0 radical (unpaired) electrons. The summed E-state index contributed by atoms with van der Waals surface area (Å²) in [6, 6.07) is 26.7. The summed E-state index contributed by atoms with van der Waals surface area (Å²) in [7, 11) is 0. The number of aromatic nitrogens is 2. The van der Waals surface area contributed by atoms with E-state index in [2.05, 4.69) is 15.3 Å². The predicted octanol–water partition coefficient (Wildman–Crippen LogP) is 7.66. The summed E-state index contributed by atoms with van der Waals surface area (Å²) in [6.45, 7) is 7.53. The van der Waals surface area contributed by atoms with Crippen LogP contribution < -0.4 is 15.1 Å². The van der Waals surface area contributed by atoms with E-state index in [1.165, 1.54) is 30.3 Å². The Morgan fingerprint density at radius 1 is 0.518 bits per heavy atom. The van der Waals surface area contributed by atoms with E-state index < -0.39 is 29.5 Å². The number of pyridine rings is 2. The number of hydrogen-bond donors (Lipinski definition) is 1. The van der Waals surface area contributed by atoms with Gasteiger partial charge in [-0.1, -0.05) is 30.3 Å². The number of imide groups is 2. The maximum absolute atomic E-state index is 13.6. The van der Waals surface area contributed by atoms with Crippen molar-refractivity contribution in [3.8, 4) is 11.1 Å². The molecule has 274 valence electrons. The van der Waals surface area contributed by atoms with E-state index in [0.717, 1.165) is 43.2 Å². The highest BCUT2D eigenvalue weighted by atomic mass is 16.2. The molecular weight excluding hydrogens is 707 g/mol. The Balaban J connectivity index is 0.994. The standard InChI is InChI=1S/C45H33N5O6/c1-24-5-9-30(46-22-24)21-39(51)28-7-12-35-37(19-28)44(55)49(42(35)53)31-10-14-33(26(3)17-31)34-15-11-32(18-27(34)4)50-43(54)36-13-8-29(20-38(36)45(50)56)41(52)48-40-16-6-25(2)23-47-40/h5-20,22-23H,21H2,1-4H3,(H,47,48,52). The number of hydrogen-bond acceptors (Lipinski definition) is 8. The SMILES string of the molecule is Cc1ccc(CC(=O)c2ccc3c(c2)C(=O)N(c2ccc(-c4ccc(N5C(=O)c6ccc(C(=O)Nc7ccc(C)cn7)cc6C5=O)cc4C)c(C)c2)C3=O)nc1. The Morgan fingerprint density at radius 3 is 1.50 bits per heavy atom. The molecule has 5 amide bonds. The van der Waals surface area contributed by atoms with Gasteiger partial charge in [-0.25, -0.2) is 14.8 Å². The molecular formula is C45H33N5O6. The minimum Gasteiger partial charge on any atom is -0.307 e. The van der Waals surface area contributed by atoms with E-state index in [0.29, 0.717) is 28.5 Å². The second kappa shape index (κ2) is 13.8. The van der Waals surface area contributed by atoms with Crippen LogP contribution in [0.5, 0.6) is 0 Å². The first-order valence-corrected chi connectivity index (χ1v) is 17.8. The van der Waals surface area contributed by atoms with E-state index in [1.807, 2.05) is 52.0 Å². The molecule has 0 atom stereocenters. The number of nitrogens with zero attached hydrogens (tertiary/aromatic N) is 4. The molecule has 2 aromatic heterocycles. The fraction of sp³-hybridized carbons (Fsp3) is 0.111. The van der Waals surface area contributed by atoms with Crippen LogP contribution in [0.3, 0.4) is 0 Å². The molecule has 0 saturated heterocycles.